The first-order chi connectivity index (χ1) is 15.7. The van der Waals surface area contributed by atoms with Crippen LogP contribution in [-0.4, -0.2) is 37.2 Å². The van der Waals surface area contributed by atoms with E-state index in [9.17, 15) is 9.18 Å². The fraction of sp³-hybridized carbons (Fsp3) is 0.261. The van der Waals surface area contributed by atoms with Crippen molar-refractivity contribution in [1.29, 1.82) is 0 Å². The number of fused-ring (bicyclic) bond motifs is 1. The number of carbonyl (C=O) groups excluding carboxylic acids is 1. The predicted molar refractivity (Wildman–Crippen MR) is 121 cm³/mol. The number of nitrogens with one attached hydrogen (secondary N) is 3. The molecule has 1 aliphatic rings. The van der Waals surface area contributed by atoms with Gasteiger partial charge in [0.1, 0.15) is 23.6 Å². The van der Waals surface area contributed by atoms with E-state index in [-0.39, 0.29) is 11.4 Å². The number of aromatic amines is 1. The number of aromatic nitrogens is 5. The average Bonchev–Trinajstić information content (AvgIpc) is 3.21. The van der Waals surface area contributed by atoms with Gasteiger partial charge in [0.05, 0.1) is 22.8 Å². The van der Waals surface area contributed by atoms with Crippen LogP contribution in [0.15, 0.2) is 36.9 Å². The van der Waals surface area contributed by atoms with Gasteiger partial charge in [-0.3, -0.25) is 9.78 Å². The smallest absolute Gasteiger partial charge is 0.226 e. The standard InChI is InChI=1S/C23H22FN7O/c1-2-13-6-7-15(9-25-13)29-19-8-16(18(11-32)21(24)31-19)17-10-26-22-20(17)23(28-12-27-22)30-14-4-3-5-14/h6-12,14H,2-5H2,1H3,(H,29,31)(H2,26,27,28,30). The molecule has 4 aromatic heterocycles. The number of rotatable bonds is 7. The van der Waals surface area contributed by atoms with Crippen LogP contribution >= 0.6 is 0 Å². The van der Waals surface area contributed by atoms with E-state index < -0.39 is 5.95 Å². The van der Waals surface area contributed by atoms with E-state index in [1.165, 1.54) is 12.7 Å². The molecular weight excluding hydrogens is 409 g/mol. The van der Waals surface area contributed by atoms with Crippen LogP contribution in [0, 0.1) is 5.95 Å². The van der Waals surface area contributed by atoms with Crippen molar-refractivity contribution in [3.05, 3.63) is 54.1 Å². The van der Waals surface area contributed by atoms with E-state index in [1.54, 1.807) is 18.5 Å². The Hall–Kier alpha value is -3.88. The molecule has 32 heavy (non-hydrogen) atoms. The molecule has 3 N–H and O–H groups in total. The lowest BCUT2D eigenvalue weighted by Crippen LogP contribution is -2.27. The Morgan fingerprint density at radius 1 is 1.22 bits per heavy atom. The first-order valence-electron chi connectivity index (χ1n) is 10.6. The maximum atomic E-state index is 14.8. The minimum Gasteiger partial charge on any atom is -0.367 e. The van der Waals surface area contributed by atoms with E-state index in [4.69, 9.17) is 0 Å². The highest BCUT2D eigenvalue weighted by Gasteiger charge is 2.23. The van der Waals surface area contributed by atoms with Gasteiger partial charge in [-0.2, -0.15) is 4.39 Å². The number of hydrogen-bond donors (Lipinski definition) is 3. The van der Waals surface area contributed by atoms with E-state index in [0.717, 1.165) is 25.0 Å². The number of nitrogens with zero attached hydrogens (tertiary/aromatic N) is 4. The van der Waals surface area contributed by atoms with Crippen LogP contribution in [0.4, 0.5) is 21.7 Å². The van der Waals surface area contributed by atoms with Gasteiger partial charge in [-0.05, 0) is 43.9 Å². The van der Waals surface area contributed by atoms with Crippen molar-refractivity contribution in [3.63, 3.8) is 0 Å². The lowest BCUT2D eigenvalue weighted by atomic mass is 9.93. The largest absolute Gasteiger partial charge is 0.367 e. The summed E-state index contributed by atoms with van der Waals surface area (Å²) in [6.45, 7) is 2.02. The number of halogens is 1. The molecule has 0 amide bonds. The summed E-state index contributed by atoms with van der Waals surface area (Å²) in [5.41, 5.74) is 3.17. The van der Waals surface area contributed by atoms with Crippen LogP contribution in [0.2, 0.25) is 0 Å². The minimum atomic E-state index is -0.849. The maximum Gasteiger partial charge on any atom is 0.226 e. The molecule has 162 valence electrons. The van der Waals surface area contributed by atoms with Crippen LogP contribution in [0.5, 0.6) is 0 Å². The third kappa shape index (κ3) is 3.66. The van der Waals surface area contributed by atoms with Crippen LogP contribution in [0.3, 0.4) is 0 Å². The van der Waals surface area contributed by atoms with E-state index >= 15 is 0 Å². The zero-order valence-corrected chi connectivity index (χ0v) is 17.5. The maximum absolute atomic E-state index is 14.8. The molecule has 4 aromatic rings. The van der Waals surface area contributed by atoms with Gasteiger partial charge in [-0.15, -0.1) is 0 Å². The number of carbonyl (C=O) groups is 1. The second-order valence-electron chi connectivity index (χ2n) is 7.81. The number of aryl methyl sites for hydroxylation is 1. The molecular formula is C23H22FN7O. The lowest BCUT2D eigenvalue weighted by Gasteiger charge is -2.27. The fourth-order valence-electron chi connectivity index (χ4n) is 3.81. The number of anilines is 3. The van der Waals surface area contributed by atoms with Crippen LogP contribution in [0.25, 0.3) is 22.2 Å². The summed E-state index contributed by atoms with van der Waals surface area (Å²) in [4.78, 5) is 31.9. The lowest BCUT2D eigenvalue weighted by molar-refractivity contribution is 0.111. The summed E-state index contributed by atoms with van der Waals surface area (Å²) in [5.74, 6) is 0.0885. The zero-order valence-electron chi connectivity index (χ0n) is 17.5. The third-order valence-electron chi connectivity index (χ3n) is 5.80. The van der Waals surface area contributed by atoms with Crippen molar-refractivity contribution in [2.45, 2.75) is 38.6 Å². The molecule has 0 unspecified atom stereocenters. The van der Waals surface area contributed by atoms with E-state index in [0.29, 0.717) is 46.0 Å². The van der Waals surface area contributed by atoms with Crippen molar-refractivity contribution in [1.82, 2.24) is 24.9 Å². The average molecular weight is 431 g/mol. The zero-order chi connectivity index (χ0) is 22.1. The Balaban J connectivity index is 1.59. The summed E-state index contributed by atoms with van der Waals surface area (Å²) in [5, 5.41) is 7.23. The molecule has 1 saturated carbocycles. The summed E-state index contributed by atoms with van der Waals surface area (Å²) < 4.78 is 14.8. The second kappa shape index (κ2) is 8.33. The topological polar surface area (TPSA) is 108 Å². The van der Waals surface area contributed by atoms with Gasteiger partial charge >= 0.3 is 0 Å². The van der Waals surface area contributed by atoms with Gasteiger partial charge in [0, 0.05) is 29.1 Å². The van der Waals surface area contributed by atoms with Crippen molar-refractivity contribution in [2.75, 3.05) is 10.6 Å². The Morgan fingerprint density at radius 3 is 2.78 bits per heavy atom. The monoisotopic (exact) mass is 431 g/mol. The number of H-pyrrole nitrogens is 1. The van der Waals surface area contributed by atoms with E-state index in [2.05, 4.69) is 35.6 Å². The summed E-state index contributed by atoms with van der Waals surface area (Å²) in [7, 11) is 0. The number of hydrogen-bond acceptors (Lipinski definition) is 7. The molecule has 0 radical (unpaired) electrons. The molecule has 9 heteroatoms. The summed E-state index contributed by atoms with van der Waals surface area (Å²) in [6, 6.07) is 5.77. The summed E-state index contributed by atoms with van der Waals surface area (Å²) in [6.07, 6.45) is 9.52. The van der Waals surface area contributed by atoms with E-state index in [1.807, 2.05) is 19.1 Å². The molecule has 0 spiro atoms. The van der Waals surface area contributed by atoms with Crippen molar-refractivity contribution in [2.24, 2.45) is 0 Å². The SMILES string of the molecule is CCc1ccc(Nc2cc(-c3c[nH]c4ncnc(NC5CCC5)c34)c(C=O)c(F)n2)cn1. The van der Waals surface area contributed by atoms with Gasteiger partial charge in [0.2, 0.25) is 5.95 Å². The van der Waals surface area contributed by atoms with Gasteiger partial charge < -0.3 is 15.6 Å². The Bertz CT molecular complexity index is 1280. The van der Waals surface area contributed by atoms with Crippen LogP contribution in [-0.2, 0) is 6.42 Å². The highest BCUT2D eigenvalue weighted by molar-refractivity contribution is 6.04. The molecule has 4 heterocycles. The number of aldehydes is 1. The Morgan fingerprint density at radius 2 is 2.09 bits per heavy atom. The summed E-state index contributed by atoms with van der Waals surface area (Å²) >= 11 is 0. The molecule has 8 nitrogen and oxygen atoms in total. The fourth-order valence-corrected chi connectivity index (χ4v) is 3.81. The number of pyridine rings is 2. The second-order valence-corrected chi connectivity index (χ2v) is 7.81. The Kier molecular flexibility index (Phi) is 5.22. The molecule has 1 aliphatic carbocycles. The highest BCUT2D eigenvalue weighted by atomic mass is 19.1. The Labute approximate surface area is 183 Å². The predicted octanol–water partition coefficient (Wildman–Crippen LogP) is 4.64. The first kappa shape index (κ1) is 20.0. The third-order valence-corrected chi connectivity index (χ3v) is 5.80. The van der Waals surface area contributed by atoms with Gasteiger partial charge in [-0.25, -0.2) is 15.0 Å². The van der Waals surface area contributed by atoms with Gasteiger partial charge in [0.15, 0.2) is 6.29 Å². The van der Waals surface area contributed by atoms with Gasteiger partial charge in [-0.1, -0.05) is 6.92 Å². The van der Waals surface area contributed by atoms with Gasteiger partial charge in [0.25, 0.3) is 0 Å². The molecule has 1 fully saturated rings. The molecule has 0 aromatic carbocycles. The first-order valence-corrected chi connectivity index (χ1v) is 10.6. The quantitative estimate of drug-likeness (QED) is 0.289. The molecule has 0 atom stereocenters. The van der Waals surface area contributed by atoms with Crippen molar-refractivity contribution >= 4 is 34.6 Å². The van der Waals surface area contributed by atoms with Crippen LogP contribution in [0.1, 0.15) is 42.2 Å². The van der Waals surface area contributed by atoms with Crippen LogP contribution < -0.4 is 10.6 Å². The highest BCUT2D eigenvalue weighted by Crippen LogP contribution is 2.36. The molecule has 5 rings (SSSR count). The van der Waals surface area contributed by atoms with Crippen molar-refractivity contribution < 1.29 is 9.18 Å². The molecule has 0 aliphatic heterocycles. The van der Waals surface area contributed by atoms with Crippen molar-refractivity contribution in [3.8, 4) is 11.1 Å². The molecule has 0 bridgehead atoms. The minimum absolute atomic E-state index is 0.116. The normalized spacial score (nSPS) is 13.7. The molecule has 0 saturated heterocycles.